The van der Waals surface area contributed by atoms with Crippen LogP contribution < -0.4 is 20.3 Å². The van der Waals surface area contributed by atoms with Crippen LogP contribution in [-0.2, 0) is 0 Å². The highest BCUT2D eigenvalue weighted by Crippen LogP contribution is 2.36. The van der Waals surface area contributed by atoms with Gasteiger partial charge in [0.25, 0.3) is 0 Å². The molecule has 3 heterocycles. The molecule has 1 aromatic heterocycles. The van der Waals surface area contributed by atoms with Crippen molar-refractivity contribution in [3.63, 3.8) is 0 Å². The summed E-state index contributed by atoms with van der Waals surface area (Å²) in [6.45, 7) is 4.50. The van der Waals surface area contributed by atoms with Crippen LogP contribution in [0, 0.1) is 13.8 Å². The third-order valence-corrected chi connectivity index (χ3v) is 5.21. The van der Waals surface area contributed by atoms with Crippen molar-refractivity contribution in [3.05, 3.63) is 59.0 Å². The molecule has 0 aliphatic carbocycles. The van der Waals surface area contributed by atoms with E-state index in [1.165, 1.54) is 16.7 Å². The zero-order valence-corrected chi connectivity index (χ0v) is 15.2. The van der Waals surface area contributed by atoms with Gasteiger partial charge in [0, 0.05) is 11.6 Å². The van der Waals surface area contributed by atoms with Gasteiger partial charge in [-0.25, -0.2) is 10.9 Å². The molecule has 3 aromatic rings. The Kier molecular flexibility index (Phi) is 3.84. The second kappa shape index (κ2) is 6.37. The van der Waals surface area contributed by atoms with Crippen molar-refractivity contribution >= 4 is 0 Å². The quantitative estimate of drug-likeness (QED) is 0.737. The summed E-state index contributed by atoms with van der Waals surface area (Å²) in [5.41, 5.74) is 11.3. The SMILES string of the molecule is Cc1ccc(C2CC(c3nc(-c4ccc5c(c4)OCO5)no3)NN2)cc1C. The summed E-state index contributed by atoms with van der Waals surface area (Å²) < 4.78 is 16.3. The molecule has 2 aliphatic rings. The predicted octanol–water partition coefficient (Wildman–Crippen LogP) is 3.36. The van der Waals surface area contributed by atoms with Crippen molar-refractivity contribution in [2.24, 2.45) is 0 Å². The Labute approximate surface area is 156 Å². The van der Waals surface area contributed by atoms with E-state index in [0.29, 0.717) is 17.5 Å². The van der Waals surface area contributed by atoms with Crippen LogP contribution >= 0.6 is 0 Å². The minimum atomic E-state index is -0.0353. The number of nitrogens with one attached hydrogen (secondary N) is 2. The number of fused-ring (bicyclic) bond motifs is 1. The normalized spacial score (nSPS) is 21.0. The van der Waals surface area contributed by atoms with Crippen LogP contribution in [0.5, 0.6) is 11.5 Å². The molecule has 5 rings (SSSR count). The number of aryl methyl sites for hydroxylation is 2. The Morgan fingerprint density at radius 2 is 1.78 bits per heavy atom. The Hall–Kier alpha value is -2.90. The number of hydrogen-bond donors (Lipinski definition) is 2. The van der Waals surface area contributed by atoms with Gasteiger partial charge in [-0.3, -0.25) is 0 Å². The molecule has 0 bridgehead atoms. The molecule has 0 amide bonds. The van der Waals surface area contributed by atoms with Gasteiger partial charge in [-0.15, -0.1) is 0 Å². The number of nitrogens with zero attached hydrogens (tertiary/aromatic N) is 2. The first-order valence-electron chi connectivity index (χ1n) is 8.99. The molecular formula is C20H20N4O3. The third kappa shape index (κ3) is 2.94. The van der Waals surface area contributed by atoms with Gasteiger partial charge in [-0.1, -0.05) is 23.4 Å². The highest BCUT2D eigenvalue weighted by Gasteiger charge is 2.30. The lowest BCUT2D eigenvalue weighted by Gasteiger charge is -2.11. The van der Waals surface area contributed by atoms with E-state index in [4.69, 9.17) is 14.0 Å². The van der Waals surface area contributed by atoms with Crippen LogP contribution in [0.2, 0.25) is 0 Å². The highest BCUT2D eigenvalue weighted by atomic mass is 16.7. The molecular weight excluding hydrogens is 344 g/mol. The van der Waals surface area contributed by atoms with E-state index >= 15 is 0 Å². The number of hydrazine groups is 1. The lowest BCUT2D eigenvalue weighted by atomic mass is 9.98. The summed E-state index contributed by atoms with van der Waals surface area (Å²) in [6, 6.07) is 12.3. The minimum Gasteiger partial charge on any atom is -0.454 e. The van der Waals surface area contributed by atoms with Gasteiger partial charge in [0.15, 0.2) is 11.5 Å². The summed E-state index contributed by atoms with van der Waals surface area (Å²) >= 11 is 0. The molecule has 0 saturated carbocycles. The first-order valence-corrected chi connectivity index (χ1v) is 8.99. The van der Waals surface area contributed by atoms with E-state index < -0.39 is 0 Å². The van der Waals surface area contributed by atoms with Crippen molar-refractivity contribution < 1.29 is 14.0 Å². The molecule has 0 radical (unpaired) electrons. The molecule has 27 heavy (non-hydrogen) atoms. The van der Waals surface area contributed by atoms with Crippen molar-refractivity contribution in [2.75, 3.05) is 6.79 Å². The Bertz CT molecular complexity index is 1000. The molecule has 7 nitrogen and oxygen atoms in total. The van der Waals surface area contributed by atoms with Gasteiger partial charge in [-0.05, 0) is 55.2 Å². The van der Waals surface area contributed by atoms with Crippen molar-refractivity contribution in [2.45, 2.75) is 32.4 Å². The number of aromatic nitrogens is 2. The number of benzene rings is 2. The second-order valence-corrected chi connectivity index (χ2v) is 7.00. The van der Waals surface area contributed by atoms with Crippen LogP contribution in [0.4, 0.5) is 0 Å². The van der Waals surface area contributed by atoms with Crippen LogP contribution in [0.1, 0.15) is 41.1 Å². The summed E-state index contributed by atoms with van der Waals surface area (Å²) in [5.74, 6) is 2.55. The molecule has 7 heteroatoms. The average molecular weight is 364 g/mol. The van der Waals surface area contributed by atoms with Crippen LogP contribution in [0.3, 0.4) is 0 Å². The van der Waals surface area contributed by atoms with E-state index in [-0.39, 0.29) is 18.9 Å². The Morgan fingerprint density at radius 1 is 0.926 bits per heavy atom. The van der Waals surface area contributed by atoms with Crippen LogP contribution in [0.15, 0.2) is 40.9 Å². The molecule has 2 unspecified atom stereocenters. The molecule has 2 aliphatic heterocycles. The zero-order chi connectivity index (χ0) is 18.4. The molecule has 1 saturated heterocycles. The smallest absolute Gasteiger partial charge is 0.245 e. The second-order valence-electron chi connectivity index (χ2n) is 7.00. The molecule has 2 N–H and O–H groups in total. The lowest BCUT2D eigenvalue weighted by Crippen LogP contribution is -2.26. The maximum atomic E-state index is 5.51. The van der Waals surface area contributed by atoms with E-state index in [0.717, 1.165) is 17.7 Å². The fourth-order valence-corrected chi connectivity index (χ4v) is 3.45. The molecule has 2 aromatic carbocycles. The third-order valence-electron chi connectivity index (χ3n) is 5.21. The highest BCUT2D eigenvalue weighted by molar-refractivity contribution is 5.61. The summed E-state index contributed by atoms with van der Waals surface area (Å²) in [7, 11) is 0. The van der Waals surface area contributed by atoms with Crippen molar-refractivity contribution in [1.29, 1.82) is 0 Å². The number of ether oxygens (including phenoxy) is 2. The van der Waals surface area contributed by atoms with Gasteiger partial charge in [0.05, 0.1) is 0 Å². The van der Waals surface area contributed by atoms with Crippen LogP contribution in [-0.4, -0.2) is 16.9 Å². The average Bonchev–Trinajstić information content (AvgIpc) is 3.42. The molecule has 1 fully saturated rings. The van der Waals surface area contributed by atoms with Crippen molar-refractivity contribution in [1.82, 2.24) is 21.0 Å². The maximum Gasteiger partial charge on any atom is 0.245 e. The first-order chi connectivity index (χ1) is 13.2. The zero-order valence-electron chi connectivity index (χ0n) is 15.2. The monoisotopic (exact) mass is 364 g/mol. The van der Waals surface area contributed by atoms with Gasteiger partial charge in [0.1, 0.15) is 6.04 Å². The van der Waals surface area contributed by atoms with E-state index in [1.54, 1.807) is 0 Å². The predicted molar refractivity (Wildman–Crippen MR) is 98.1 cm³/mol. The summed E-state index contributed by atoms with van der Waals surface area (Å²) in [6.07, 6.45) is 0.839. The molecule has 2 atom stereocenters. The minimum absolute atomic E-state index is 0.0353. The largest absolute Gasteiger partial charge is 0.454 e. The maximum absolute atomic E-state index is 5.51. The van der Waals surface area contributed by atoms with E-state index in [2.05, 4.69) is 53.0 Å². The van der Waals surface area contributed by atoms with Gasteiger partial charge in [-0.2, -0.15) is 4.98 Å². The molecule has 0 spiro atoms. The fraction of sp³-hybridized carbons (Fsp3) is 0.300. The number of rotatable bonds is 3. The summed E-state index contributed by atoms with van der Waals surface area (Å²) in [4.78, 5) is 4.57. The van der Waals surface area contributed by atoms with Gasteiger partial charge in [0.2, 0.25) is 18.5 Å². The lowest BCUT2D eigenvalue weighted by molar-refractivity contribution is 0.174. The number of hydrogen-bond acceptors (Lipinski definition) is 7. The molecule has 138 valence electrons. The summed E-state index contributed by atoms with van der Waals surface area (Å²) in [5, 5.41) is 4.13. The standard InChI is InChI=1S/C20H20N4O3/c1-11-3-4-13(7-12(11)2)15-9-16(23-22-15)20-21-19(24-27-20)14-5-6-17-18(8-14)26-10-25-17/h3-8,15-16,22-23H,9-10H2,1-2H3. The topological polar surface area (TPSA) is 81.4 Å². The van der Waals surface area contributed by atoms with Crippen molar-refractivity contribution in [3.8, 4) is 22.9 Å². The fourth-order valence-electron chi connectivity index (χ4n) is 3.45. The Balaban J connectivity index is 1.34. The first kappa shape index (κ1) is 16.3. The van der Waals surface area contributed by atoms with E-state index in [1.807, 2.05) is 18.2 Å². The van der Waals surface area contributed by atoms with Gasteiger partial charge >= 0.3 is 0 Å². The van der Waals surface area contributed by atoms with Crippen LogP contribution in [0.25, 0.3) is 11.4 Å². The van der Waals surface area contributed by atoms with E-state index in [9.17, 15) is 0 Å². The Morgan fingerprint density at radius 3 is 2.67 bits per heavy atom. The van der Waals surface area contributed by atoms with Gasteiger partial charge < -0.3 is 14.0 Å².